The number of rotatable bonds is 6. The van der Waals surface area contributed by atoms with Crippen LogP contribution < -0.4 is 15.0 Å². The number of hydrogen-bond donors (Lipinski definition) is 2. The van der Waals surface area contributed by atoms with E-state index in [0.717, 1.165) is 22.1 Å². The number of thiazole rings is 1. The van der Waals surface area contributed by atoms with E-state index in [1.807, 2.05) is 48.6 Å². The first-order valence-electron chi connectivity index (χ1n) is 7.66. The molecule has 25 heavy (non-hydrogen) atoms. The number of amides is 1. The highest BCUT2D eigenvalue weighted by atomic mass is 32.1. The summed E-state index contributed by atoms with van der Waals surface area (Å²) < 4.78 is 5.23. The van der Waals surface area contributed by atoms with E-state index in [-0.39, 0.29) is 5.91 Å². The average Bonchev–Trinajstić information content (AvgIpc) is 3.29. The van der Waals surface area contributed by atoms with Crippen molar-refractivity contribution in [2.75, 3.05) is 26.1 Å². The molecule has 0 aliphatic heterocycles. The molecule has 0 saturated heterocycles. The van der Waals surface area contributed by atoms with Gasteiger partial charge in [-0.3, -0.25) is 9.89 Å². The maximum absolute atomic E-state index is 12.5. The minimum atomic E-state index is -0.203. The fourth-order valence-corrected chi connectivity index (χ4v) is 3.06. The molecule has 8 heteroatoms. The Bertz CT molecular complexity index is 871. The zero-order chi connectivity index (χ0) is 17.8. The van der Waals surface area contributed by atoms with Gasteiger partial charge in [-0.05, 0) is 12.1 Å². The number of H-pyrrole nitrogens is 1. The Morgan fingerprint density at radius 1 is 1.40 bits per heavy atom. The molecule has 3 aromatic rings. The number of carbonyl (C=O) groups excluding carboxylic acids is 1. The summed E-state index contributed by atoms with van der Waals surface area (Å²) in [4.78, 5) is 18.9. The van der Waals surface area contributed by atoms with E-state index in [2.05, 4.69) is 20.5 Å². The lowest BCUT2D eigenvalue weighted by atomic mass is 10.1. The molecular weight excluding hydrogens is 338 g/mol. The molecule has 0 bridgehead atoms. The highest BCUT2D eigenvalue weighted by Gasteiger charge is 2.16. The van der Waals surface area contributed by atoms with Crippen molar-refractivity contribution < 1.29 is 9.53 Å². The van der Waals surface area contributed by atoms with Gasteiger partial charge in [0.25, 0.3) is 5.91 Å². The third kappa shape index (κ3) is 3.80. The second-order valence-corrected chi connectivity index (χ2v) is 6.43. The molecule has 0 atom stereocenters. The van der Waals surface area contributed by atoms with Gasteiger partial charge >= 0.3 is 0 Å². The van der Waals surface area contributed by atoms with Crippen LogP contribution in [0.25, 0.3) is 11.3 Å². The van der Waals surface area contributed by atoms with E-state index in [1.54, 1.807) is 18.4 Å². The third-order valence-corrected chi connectivity index (χ3v) is 4.65. The van der Waals surface area contributed by atoms with Gasteiger partial charge in [-0.25, -0.2) is 4.98 Å². The van der Waals surface area contributed by atoms with Crippen molar-refractivity contribution >= 4 is 22.4 Å². The van der Waals surface area contributed by atoms with Crippen LogP contribution in [0.4, 0.5) is 5.13 Å². The van der Waals surface area contributed by atoms with Crippen LogP contribution >= 0.6 is 11.3 Å². The summed E-state index contributed by atoms with van der Waals surface area (Å²) in [6.07, 6.45) is 1.52. The van der Waals surface area contributed by atoms with Crippen molar-refractivity contribution in [1.82, 2.24) is 20.5 Å². The number of nitrogens with one attached hydrogen (secondary N) is 2. The Balaban J connectivity index is 1.73. The van der Waals surface area contributed by atoms with E-state index in [0.29, 0.717) is 17.8 Å². The Morgan fingerprint density at radius 2 is 2.24 bits per heavy atom. The van der Waals surface area contributed by atoms with Crippen LogP contribution in [-0.2, 0) is 6.54 Å². The van der Waals surface area contributed by atoms with Crippen LogP contribution in [0.5, 0.6) is 5.75 Å². The first kappa shape index (κ1) is 17.0. The van der Waals surface area contributed by atoms with Crippen molar-refractivity contribution in [3.8, 4) is 17.0 Å². The summed E-state index contributed by atoms with van der Waals surface area (Å²) in [5.41, 5.74) is 2.80. The van der Waals surface area contributed by atoms with Crippen LogP contribution in [0.3, 0.4) is 0 Å². The lowest BCUT2D eigenvalue weighted by Crippen LogP contribution is -2.23. The zero-order valence-electron chi connectivity index (χ0n) is 14.2. The number of methoxy groups -OCH3 is 1. The predicted octanol–water partition coefficient (Wildman–Crippen LogP) is 2.54. The van der Waals surface area contributed by atoms with Crippen LogP contribution in [0.15, 0.2) is 35.8 Å². The van der Waals surface area contributed by atoms with Crippen molar-refractivity contribution in [1.29, 1.82) is 0 Å². The Morgan fingerprint density at radius 3 is 2.96 bits per heavy atom. The highest BCUT2D eigenvalue weighted by Crippen LogP contribution is 2.25. The number of aromatic amines is 1. The van der Waals surface area contributed by atoms with E-state index < -0.39 is 0 Å². The second-order valence-electron chi connectivity index (χ2n) is 5.59. The third-order valence-electron chi connectivity index (χ3n) is 3.59. The first-order valence-corrected chi connectivity index (χ1v) is 8.54. The van der Waals surface area contributed by atoms with Gasteiger partial charge in [-0.2, -0.15) is 5.10 Å². The normalized spacial score (nSPS) is 10.5. The van der Waals surface area contributed by atoms with Crippen LogP contribution in [-0.4, -0.2) is 42.3 Å². The molecule has 2 N–H and O–H groups in total. The maximum atomic E-state index is 12.5. The van der Waals surface area contributed by atoms with Crippen molar-refractivity contribution in [3.63, 3.8) is 0 Å². The number of hydrogen-bond acceptors (Lipinski definition) is 6. The molecule has 0 saturated carbocycles. The van der Waals surface area contributed by atoms with Gasteiger partial charge in [-0.1, -0.05) is 12.1 Å². The number of ether oxygens (including phenoxy) is 1. The molecule has 0 aliphatic carbocycles. The average molecular weight is 357 g/mol. The smallest absolute Gasteiger partial charge is 0.255 e. The van der Waals surface area contributed by atoms with Crippen molar-refractivity contribution in [2.24, 2.45) is 0 Å². The monoisotopic (exact) mass is 357 g/mol. The van der Waals surface area contributed by atoms with E-state index >= 15 is 0 Å². The molecule has 2 heterocycles. The first-order chi connectivity index (χ1) is 12.1. The second kappa shape index (κ2) is 7.35. The molecule has 0 radical (unpaired) electrons. The lowest BCUT2D eigenvalue weighted by molar-refractivity contribution is 0.0951. The Hall–Kier alpha value is -2.87. The minimum absolute atomic E-state index is 0.203. The largest absolute Gasteiger partial charge is 0.497 e. The van der Waals surface area contributed by atoms with Gasteiger partial charge < -0.3 is 15.0 Å². The van der Waals surface area contributed by atoms with Gasteiger partial charge in [0.05, 0.1) is 36.8 Å². The fraction of sp³-hybridized carbons (Fsp3) is 0.235. The zero-order valence-corrected chi connectivity index (χ0v) is 15.1. The summed E-state index contributed by atoms with van der Waals surface area (Å²) in [7, 11) is 5.48. The lowest BCUT2D eigenvalue weighted by Gasteiger charge is -2.07. The molecule has 0 fully saturated rings. The quantitative estimate of drug-likeness (QED) is 0.708. The molecule has 7 nitrogen and oxygen atoms in total. The van der Waals surface area contributed by atoms with Gasteiger partial charge in [-0.15, -0.1) is 11.3 Å². The topological polar surface area (TPSA) is 83.1 Å². The summed E-state index contributed by atoms with van der Waals surface area (Å²) in [6, 6.07) is 7.48. The van der Waals surface area contributed by atoms with Gasteiger partial charge in [0.1, 0.15) is 5.75 Å². The van der Waals surface area contributed by atoms with Crippen molar-refractivity contribution in [3.05, 3.63) is 47.1 Å². The predicted molar refractivity (Wildman–Crippen MR) is 98.2 cm³/mol. The maximum Gasteiger partial charge on any atom is 0.255 e. The van der Waals surface area contributed by atoms with E-state index in [9.17, 15) is 4.79 Å². The highest BCUT2D eigenvalue weighted by molar-refractivity contribution is 7.13. The molecule has 1 aromatic carbocycles. The Kier molecular flexibility index (Phi) is 4.99. The van der Waals surface area contributed by atoms with Gasteiger partial charge in [0.2, 0.25) is 0 Å². The molecule has 1 amide bonds. The van der Waals surface area contributed by atoms with Crippen LogP contribution in [0.2, 0.25) is 0 Å². The standard InChI is InChI=1S/C17H19N5O2S/c1-22(2)17-20-12(10-25-17)8-18-16(23)14-9-19-21-15(14)11-5-4-6-13(7-11)24-3/h4-7,9-10H,8H2,1-3H3,(H,18,23)(H,19,21). The number of carbonyl (C=O) groups is 1. The number of nitrogens with zero attached hydrogens (tertiary/aromatic N) is 3. The molecule has 0 aliphatic rings. The van der Waals surface area contributed by atoms with E-state index in [4.69, 9.17) is 4.74 Å². The van der Waals surface area contributed by atoms with Crippen molar-refractivity contribution in [2.45, 2.75) is 6.54 Å². The fourth-order valence-electron chi connectivity index (χ4n) is 2.31. The van der Waals surface area contributed by atoms with Crippen LogP contribution in [0, 0.1) is 0 Å². The number of anilines is 1. The van der Waals surface area contributed by atoms with Crippen LogP contribution in [0.1, 0.15) is 16.1 Å². The van der Waals surface area contributed by atoms with E-state index in [1.165, 1.54) is 6.20 Å². The van der Waals surface area contributed by atoms with Gasteiger partial charge in [0, 0.05) is 25.0 Å². The minimum Gasteiger partial charge on any atom is -0.497 e. The molecular formula is C17H19N5O2S. The summed E-state index contributed by atoms with van der Waals surface area (Å²) in [5, 5.41) is 12.6. The summed E-state index contributed by atoms with van der Waals surface area (Å²) in [5.74, 6) is 0.517. The van der Waals surface area contributed by atoms with Gasteiger partial charge in [0.15, 0.2) is 5.13 Å². The SMILES string of the molecule is COc1cccc(-c2[nH]ncc2C(=O)NCc2csc(N(C)C)n2)c1. The molecule has 0 spiro atoms. The summed E-state index contributed by atoms with van der Waals surface area (Å²) in [6.45, 7) is 0.367. The Labute approximate surface area is 149 Å². The summed E-state index contributed by atoms with van der Waals surface area (Å²) >= 11 is 1.54. The molecule has 0 unspecified atom stereocenters. The molecule has 3 rings (SSSR count). The molecule has 130 valence electrons. The molecule has 2 aromatic heterocycles. The number of aromatic nitrogens is 3. The number of benzene rings is 1.